The molecule has 0 aliphatic heterocycles. The van der Waals surface area contributed by atoms with E-state index in [1.165, 1.54) is 16.5 Å². The van der Waals surface area contributed by atoms with Crippen LogP contribution in [0.5, 0.6) is 0 Å². The fourth-order valence-electron chi connectivity index (χ4n) is 2.76. The maximum Gasteiger partial charge on any atom is 0.0525 e. The third-order valence-corrected chi connectivity index (χ3v) is 4.23. The fraction of sp³-hybridized carbons (Fsp3) is 0.467. The standard InChI is InChI=1S/C15H21ClN2/c1-9(2)12(7-17)13-8-18(4)15-10(3)14(16)6-5-11(13)15/h5-6,8-9,12H,7,17H2,1-4H3. The van der Waals surface area contributed by atoms with Gasteiger partial charge in [0.1, 0.15) is 0 Å². The summed E-state index contributed by atoms with van der Waals surface area (Å²) in [5.74, 6) is 0.936. The van der Waals surface area contributed by atoms with E-state index in [1.807, 2.05) is 6.07 Å². The largest absolute Gasteiger partial charge is 0.350 e. The molecule has 18 heavy (non-hydrogen) atoms. The number of halogens is 1. The average molecular weight is 265 g/mol. The number of hydrogen-bond donors (Lipinski definition) is 1. The van der Waals surface area contributed by atoms with Crippen molar-refractivity contribution in [3.8, 4) is 0 Å². The Morgan fingerprint density at radius 2 is 2.00 bits per heavy atom. The Morgan fingerprint density at radius 3 is 2.56 bits per heavy atom. The Labute approximate surface area is 114 Å². The van der Waals surface area contributed by atoms with E-state index < -0.39 is 0 Å². The molecule has 1 atom stereocenters. The maximum atomic E-state index is 6.21. The van der Waals surface area contributed by atoms with Crippen LogP contribution in [0.15, 0.2) is 18.3 Å². The van der Waals surface area contributed by atoms with Crippen molar-refractivity contribution in [1.82, 2.24) is 4.57 Å². The van der Waals surface area contributed by atoms with Crippen molar-refractivity contribution in [2.24, 2.45) is 18.7 Å². The molecule has 0 fully saturated rings. The highest BCUT2D eigenvalue weighted by Crippen LogP contribution is 2.34. The summed E-state index contributed by atoms with van der Waals surface area (Å²) in [6.07, 6.45) is 2.20. The van der Waals surface area contributed by atoms with Crippen molar-refractivity contribution in [3.05, 3.63) is 34.5 Å². The first-order chi connectivity index (χ1) is 8.47. The summed E-state index contributed by atoms with van der Waals surface area (Å²) in [4.78, 5) is 0. The monoisotopic (exact) mass is 264 g/mol. The van der Waals surface area contributed by atoms with E-state index in [2.05, 4.69) is 44.6 Å². The summed E-state index contributed by atoms with van der Waals surface area (Å²) in [6, 6.07) is 4.10. The number of benzene rings is 1. The number of hydrogen-bond acceptors (Lipinski definition) is 1. The van der Waals surface area contributed by atoms with Crippen LogP contribution in [0.3, 0.4) is 0 Å². The zero-order chi connectivity index (χ0) is 13.4. The first kappa shape index (κ1) is 13.4. The van der Waals surface area contributed by atoms with Crippen LogP contribution in [0, 0.1) is 12.8 Å². The minimum Gasteiger partial charge on any atom is -0.350 e. The van der Waals surface area contributed by atoms with Crippen molar-refractivity contribution in [2.75, 3.05) is 6.54 Å². The van der Waals surface area contributed by atoms with Crippen molar-refractivity contribution in [3.63, 3.8) is 0 Å². The molecule has 2 aromatic rings. The first-order valence-corrected chi connectivity index (χ1v) is 6.79. The second kappa shape index (κ2) is 4.94. The summed E-state index contributed by atoms with van der Waals surface area (Å²) >= 11 is 6.21. The van der Waals surface area contributed by atoms with Gasteiger partial charge in [-0.25, -0.2) is 0 Å². The van der Waals surface area contributed by atoms with E-state index in [4.69, 9.17) is 17.3 Å². The molecule has 2 N–H and O–H groups in total. The zero-order valence-corrected chi connectivity index (χ0v) is 12.3. The number of aryl methyl sites for hydroxylation is 2. The van der Waals surface area contributed by atoms with Gasteiger partial charge >= 0.3 is 0 Å². The Kier molecular flexibility index (Phi) is 3.69. The molecule has 0 radical (unpaired) electrons. The molecule has 1 aromatic carbocycles. The van der Waals surface area contributed by atoms with E-state index in [-0.39, 0.29) is 0 Å². The second-order valence-corrected chi connectivity index (χ2v) is 5.76. The molecule has 0 saturated carbocycles. The Hall–Kier alpha value is -0.990. The SMILES string of the molecule is Cc1c(Cl)ccc2c(C(CN)C(C)C)cn(C)c12. The maximum absolute atomic E-state index is 6.21. The van der Waals surface area contributed by atoms with E-state index in [9.17, 15) is 0 Å². The molecule has 2 nitrogen and oxygen atoms in total. The number of nitrogens with two attached hydrogens (primary N) is 1. The fourth-order valence-corrected chi connectivity index (χ4v) is 2.91. The molecule has 0 bridgehead atoms. The quantitative estimate of drug-likeness (QED) is 0.897. The lowest BCUT2D eigenvalue weighted by atomic mass is 9.88. The molecule has 1 aromatic heterocycles. The van der Waals surface area contributed by atoms with E-state index in [1.54, 1.807) is 0 Å². The van der Waals surface area contributed by atoms with Gasteiger partial charge in [-0.15, -0.1) is 0 Å². The smallest absolute Gasteiger partial charge is 0.0525 e. The lowest BCUT2D eigenvalue weighted by Gasteiger charge is -2.18. The van der Waals surface area contributed by atoms with Gasteiger partial charge in [0.05, 0.1) is 5.52 Å². The molecule has 0 saturated heterocycles. The van der Waals surface area contributed by atoms with Gasteiger partial charge < -0.3 is 10.3 Å². The highest BCUT2D eigenvalue weighted by Gasteiger charge is 2.20. The molecule has 1 unspecified atom stereocenters. The number of aromatic nitrogens is 1. The Morgan fingerprint density at radius 1 is 1.33 bits per heavy atom. The van der Waals surface area contributed by atoms with Gasteiger partial charge in [0.2, 0.25) is 0 Å². The molecule has 2 rings (SSSR count). The van der Waals surface area contributed by atoms with Gasteiger partial charge in [-0.2, -0.15) is 0 Å². The Balaban J connectivity index is 2.71. The summed E-state index contributed by atoms with van der Waals surface area (Å²) in [7, 11) is 2.07. The molecular weight excluding hydrogens is 244 g/mol. The lowest BCUT2D eigenvalue weighted by Crippen LogP contribution is -2.17. The van der Waals surface area contributed by atoms with Crippen LogP contribution in [0.4, 0.5) is 0 Å². The van der Waals surface area contributed by atoms with Crippen molar-refractivity contribution in [2.45, 2.75) is 26.7 Å². The van der Waals surface area contributed by atoms with Gasteiger partial charge in [0.15, 0.2) is 0 Å². The topological polar surface area (TPSA) is 30.9 Å². The Bertz CT molecular complexity index is 569. The molecule has 0 amide bonds. The predicted octanol–water partition coefficient (Wildman–Crippen LogP) is 3.84. The minimum absolute atomic E-state index is 0.397. The minimum atomic E-state index is 0.397. The van der Waals surface area contributed by atoms with Crippen molar-refractivity contribution in [1.29, 1.82) is 0 Å². The van der Waals surface area contributed by atoms with E-state index >= 15 is 0 Å². The van der Waals surface area contributed by atoms with Gasteiger partial charge in [-0.05, 0) is 36.6 Å². The lowest BCUT2D eigenvalue weighted by molar-refractivity contribution is 0.508. The van der Waals surface area contributed by atoms with E-state index in [0.717, 1.165) is 10.6 Å². The number of nitrogens with zero attached hydrogens (tertiary/aromatic N) is 1. The molecule has 0 aliphatic carbocycles. The highest BCUT2D eigenvalue weighted by atomic mass is 35.5. The van der Waals surface area contributed by atoms with E-state index in [0.29, 0.717) is 18.4 Å². The molecule has 1 heterocycles. The van der Waals surface area contributed by atoms with Crippen molar-refractivity contribution < 1.29 is 0 Å². The van der Waals surface area contributed by atoms with Crippen LogP contribution in [0.2, 0.25) is 5.02 Å². The van der Waals surface area contributed by atoms with Gasteiger partial charge in [-0.1, -0.05) is 31.5 Å². The van der Waals surface area contributed by atoms with Gasteiger partial charge in [0.25, 0.3) is 0 Å². The molecule has 98 valence electrons. The van der Waals surface area contributed by atoms with Crippen LogP contribution in [0.1, 0.15) is 30.9 Å². The molecular formula is C15H21ClN2. The van der Waals surface area contributed by atoms with Gasteiger partial charge in [-0.3, -0.25) is 0 Å². The van der Waals surface area contributed by atoms with Crippen LogP contribution in [-0.4, -0.2) is 11.1 Å². The van der Waals surface area contributed by atoms with Crippen molar-refractivity contribution >= 4 is 22.5 Å². The summed E-state index contributed by atoms with van der Waals surface area (Å²) in [6.45, 7) is 7.19. The first-order valence-electron chi connectivity index (χ1n) is 6.41. The molecule has 0 spiro atoms. The van der Waals surface area contributed by atoms with Crippen LogP contribution in [0.25, 0.3) is 10.9 Å². The zero-order valence-electron chi connectivity index (χ0n) is 11.5. The summed E-state index contributed by atoms with van der Waals surface area (Å²) < 4.78 is 2.16. The third-order valence-electron chi connectivity index (χ3n) is 3.82. The van der Waals surface area contributed by atoms with Crippen LogP contribution >= 0.6 is 11.6 Å². The van der Waals surface area contributed by atoms with Crippen LogP contribution < -0.4 is 5.73 Å². The third kappa shape index (κ3) is 2.04. The summed E-state index contributed by atoms with van der Waals surface area (Å²) in [5.41, 5.74) is 9.64. The highest BCUT2D eigenvalue weighted by molar-refractivity contribution is 6.32. The second-order valence-electron chi connectivity index (χ2n) is 5.35. The normalized spacial score (nSPS) is 13.5. The van der Waals surface area contributed by atoms with Crippen LogP contribution in [-0.2, 0) is 7.05 Å². The van der Waals surface area contributed by atoms with Gasteiger partial charge in [0, 0.05) is 29.6 Å². The number of rotatable bonds is 3. The molecule has 3 heteroatoms. The average Bonchev–Trinajstić information content (AvgIpc) is 2.62. The predicted molar refractivity (Wildman–Crippen MR) is 79.3 cm³/mol. The molecule has 0 aliphatic rings. The summed E-state index contributed by atoms with van der Waals surface area (Å²) in [5, 5.41) is 2.10. The number of fused-ring (bicyclic) bond motifs is 1.